The summed E-state index contributed by atoms with van der Waals surface area (Å²) in [5, 5.41) is 12.4. The summed E-state index contributed by atoms with van der Waals surface area (Å²) in [7, 11) is 1.58. The summed E-state index contributed by atoms with van der Waals surface area (Å²) in [4.78, 5) is 15.4. The number of methoxy groups -OCH3 is 1. The molecule has 1 atom stereocenters. The Morgan fingerprint density at radius 2 is 2.22 bits per heavy atom. The molecule has 0 spiro atoms. The number of aryl methyl sites for hydroxylation is 1. The molecule has 0 fully saturated rings. The van der Waals surface area contributed by atoms with E-state index < -0.39 is 0 Å². The standard InChI is InChI=1S/C15H15FN4O2S/c1-7-10-6-9(16)4-5-11(10)17-12(7)13(21)18-15-20-19-14(23-15)8(2)22-3/h4-6,8,17H,1-3H3,(H,18,20,21). The number of anilines is 1. The molecule has 0 aliphatic rings. The van der Waals surface area contributed by atoms with Gasteiger partial charge in [0.1, 0.15) is 22.6 Å². The van der Waals surface area contributed by atoms with Crippen molar-refractivity contribution < 1.29 is 13.9 Å². The van der Waals surface area contributed by atoms with Gasteiger partial charge < -0.3 is 9.72 Å². The zero-order valence-electron chi connectivity index (χ0n) is 12.8. The second kappa shape index (κ2) is 6.05. The fourth-order valence-electron chi connectivity index (χ4n) is 2.24. The monoisotopic (exact) mass is 334 g/mol. The number of hydrogen-bond acceptors (Lipinski definition) is 5. The first-order valence-corrected chi connectivity index (χ1v) is 7.76. The van der Waals surface area contributed by atoms with Crippen LogP contribution in [0.3, 0.4) is 0 Å². The number of ether oxygens (including phenoxy) is 1. The Hall–Kier alpha value is -2.32. The quantitative estimate of drug-likeness (QED) is 0.766. The van der Waals surface area contributed by atoms with Crippen LogP contribution in [0.5, 0.6) is 0 Å². The van der Waals surface area contributed by atoms with Crippen molar-refractivity contribution in [1.82, 2.24) is 15.2 Å². The number of fused-ring (bicyclic) bond motifs is 1. The average Bonchev–Trinajstić information content (AvgIpc) is 3.12. The molecular formula is C15H15FN4O2S. The van der Waals surface area contributed by atoms with Crippen LogP contribution in [0.15, 0.2) is 18.2 Å². The first-order chi connectivity index (χ1) is 11.0. The minimum absolute atomic E-state index is 0.184. The Balaban J connectivity index is 1.86. The van der Waals surface area contributed by atoms with E-state index >= 15 is 0 Å². The predicted octanol–water partition coefficient (Wildman–Crippen LogP) is 3.43. The molecular weight excluding hydrogens is 319 g/mol. The van der Waals surface area contributed by atoms with Crippen LogP contribution in [0.2, 0.25) is 0 Å². The predicted molar refractivity (Wildman–Crippen MR) is 86.3 cm³/mol. The number of nitrogens with one attached hydrogen (secondary N) is 2. The normalized spacial score (nSPS) is 12.5. The molecule has 0 saturated carbocycles. The topological polar surface area (TPSA) is 79.9 Å². The fourth-order valence-corrected chi connectivity index (χ4v) is 3.00. The molecule has 3 aromatic rings. The summed E-state index contributed by atoms with van der Waals surface area (Å²) >= 11 is 1.25. The summed E-state index contributed by atoms with van der Waals surface area (Å²) in [5.41, 5.74) is 1.77. The number of aromatic amines is 1. The molecule has 0 aliphatic heterocycles. The number of halogens is 1. The molecule has 2 aromatic heterocycles. The van der Waals surface area contributed by atoms with Gasteiger partial charge in [0.15, 0.2) is 0 Å². The lowest BCUT2D eigenvalue weighted by atomic mass is 10.1. The van der Waals surface area contributed by atoms with Gasteiger partial charge in [-0.15, -0.1) is 10.2 Å². The highest BCUT2D eigenvalue weighted by Gasteiger charge is 2.18. The maximum atomic E-state index is 13.3. The van der Waals surface area contributed by atoms with Crippen LogP contribution in [0.25, 0.3) is 10.9 Å². The first-order valence-electron chi connectivity index (χ1n) is 6.95. The third-order valence-corrected chi connectivity index (χ3v) is 4.61. The molecule has 2 N–H and O–H groups in total. The second-order valence-corrected chi connectivity index (χ2v) is 6.10. The van der Waals surface area contributed by atoms with Crippen molar-refractivity contribution in [3.63, 3.8) is 0 Å². The molecule has 1 amide bonds. The van der Waals surface area contributed by atoms with Crippen molar-refractivity contribution in [3.8, 4) is 0 Å². The number of H-pyrrole nitrogens is 1. The Bertz CT molecular complexity index is 874. The van der Waals surface area contributed by atoms with Gasteiger partial charge in [-0.2, -0.15) is 0 Å². The van der Waals surface area contributed by atoms with Gasteiger partial charge in [0.05, 0.1) is 0 Å². The van der Waals surface area contributed by atoms with Crippen LogP contribution in [0.1, 0.15) is 34.1 Å². The summed E-state index contributed by atoms with van der Waals surface area (Å²) in [5.74, 6) is -0.680. The largest absolute Gasteiger partial charge is 0.374 e. The number of benzene rings is 1. The van der Waals surface area contributed by atoms with Crippen LogP contribution < -0.4 is 5.32 Å². The summed E-state index contributed by atoms with van der Waals surface area (Å²) in [6, 6.07) is 4.36. The molecule has 8 heteroatoms. The minimum Gasteiger partial charge on any atom is -0.374 e. The maximum Gasteiger partial charge on any atom is 0.274 e. The van der Waals surface area contributed by atoms with Crippen molar-refractivity contribution in [3.05, 3.63) is 40.3 Å². The number of rotatable bonds is 4. The molecule has 0 radical (unpaired) electrons. The third kappa shape index (κ3) is 2.95. The van der Waals surface area contributed by atoms with Crippen molar-refractivity contribution in [2.75, 3.05) is 12.4 Å². The highest BCUT2D eigenvalue weighted by Crippen LogP contribution is 2.26. The van der Waals surface area contributed by atoms with Gasteiger partial charge in [0.25, 0.3) is 5.91 Å². The van der Waals surface area contributed by atoms with E-state index in [0.717, 1.165) is 0 Å². The van der Waals surface area contributed by atoms with E-state index in [9.17, 15) is 9.18 Å². The number of amides is 1. The lowest BCUT2D eigenvalue weighted by Gasteiger charge is -2.02. The van der Waals surface area contributed by atoms with Crippen molar-refractivity contribution >= 4 is 33.3 Å². The average molecular weight is 334 g/mol. The van der Waals surface area contributed by atoms with Crippen molar-refractivity contribution in [2.24, 2.45) is 0 Å². The zero-order valence-corrected chi connectivity index (χ0v) is 13.6. The molecule has 3 rings (SSSR count). The van der Waals surface area contributed by atoms with Crippen LogP contribution in [0.4, 0.5) is 9.52 Å². The number of aromatic nitrogens is 3. The Morgan fingerprint density at radius 1 is 1.43 bits per heavy atom. The number of nitrogens with zero attached hydrogens (tertiary/aromatic N) is 2. The Labute approximate surface area is 135 Å². The second-order valence-electron chi connectivity index (χ2n) is 5.09. The Morgan fingerprint density at radius 3 is 2.96 bits per heavy atom. The lowest BCUT2D eigenvalue weighted by Crippen LogP contribution is -2.13. The molecule has 0 aliphatic carbocycles. The van der Waals surface area contributed by atoms with Gasteiger partial charge in [-0.1, -0.05) is 11.3 Å². The van der Waals surface area contributed by atoms with Gasteiger partial charge in [0, 0.05) is 18.0 Å². The maximum absolute atomic E-state index is 13.3. The van der Waals surface area contributed by atoms with Gasteiger partial charge >= 0.3 is 0 Å². The highest BCUT2D eigenvalue weighted by molar-refractivity contribution is 7.15. The molecule has 2 heterocycles. The number of carbonyl (C=O) groups excluding carboxylic acids is 1. The van der Waals surface area contributed by atoms with E-state index in [0.29, 0.717) is 32.3 Å². The number of hydrogen-bond donors (Lipinski definition) is 2. The SMILES string of the molecule is COC(C)c1nnc(NC(=O)c2[nH]c3ccc(F)cc3c2C)s1. The zero-order chi connectivity index (χ0) is 16.6. The molecule has 1 unspecified atom stereocenters. The van der Waals surface area contributed by atoms with Crippen molar-refractivity contribution in [1.29, 1.82) is 0 Å². The van der Waals surface area contributed by atoms with Gasteiger partial charge in [-0.3, -0.25) is 10.1 Å². The van der Waals surface area contributed by atoms with Gasteiger partial charge in [-0.25, -0.2) is 4.39 Å². The first kappa shape index (κ1) is 15.6. The van der Waals surface area contributed by atoms with E-state index in [1.54, 1.807) is 20.1 Å². The minimum atomic E-state index is -0.341. The number of carbonyl (C=O) groups is 1. The van der Waals surface area contributed by atoms with E-state index in [1.807, 2.05) is 6.92 Å². The highest BCUT2D eigenvalue weighted by atomic mass is 32.1. The van der Waals surface area contributed by atoms with Gasteiger partial charge in [-0.05, 0) is 37.6 Å². The van der Waals surface area contributed by atoms with E-state index in [2.05, 4.69) is 20.5 Å². The van der Waals surface area contributed by atoms with Crippen LogP contribution in [-0.4, -0.2) is 28.2 Å². The van der Waals surface area contributed by atoms with E-state index in [4.69, 9.17) is 4.74 Å². The Kier molecular flexibility index (Phi) is 4.10. The molecule has 0 bridgehead atoms. The summed E-state index contributed by atoms with van der Waals surface area (Å²) < 4.78 is 18.5. The molecule has 1 aromatic carbocycles. The van der Waals surface area contributed by atoms with E-state index in [-0.39, 0.29) is 17.8 Å². The van der Waals surface area contributed by atoms with Crippen LogP contribution in [-0.2, 0) is 4.74 Å². The molecule has 23 heavy (non-hydrogen) atoms. The molecule has 0 saturated heterocycles. The summed E-state index contributed by atoms with van der Waals surface area (Å²) in [6.45, 7) is 3.62. The summed E-state index contributed by atoms with van der Waals surface area (Å²) in [6.07, 6.45) is -0.184. The van der Waals surface area contributed by atoms with E-state index in [1.165, 1.54) is 23.5 Å². The smallest absolute Gasteiger partial charge is 0.274 e. The molecule has 6 nitrogen and oxygen atoms in total. The van der Waals surface area contributed by atoms with Crippen LogP contribution in [0, 0.1) is 12.7 Å². The van der Waals surface area contributed by atoms with Crippen molar-refractivity contribution in [2.45, 2.75) is 20.0 Å². The molecule has 120 valence electrons. The third-order valence-electron chi connectivity index (χ3n) is 3.61. The lowest BCUT2D eigenvalue weighted by molar-refractivity contribution is 0.102. The van der Waals surface area contributed by atoms with Crippen LogP contribution >= 0.6 is 11.3 Å². The van der Waals surface area contributed by atoms with Gasteiger partial charge in [0.2, 0.25) is 5.13 Å². The fraction of sp³-hybridized carbons (Fsp3) is 0.267.